The molecule has 0 aliphatic rings. The number of thiazole rings is 1. The van der Waals surface area contributed by atoms with Crippen LogP contribution >= 0.6 is 11.3 Å². The van der Waals surface area contributed by atoms with Crippen molar-refractivity contribution in [3.05, 3.63) is 70.9 Å². The molecule has 3 nitrogen and oxygen atoms in total. The van der Waals surface area contributed by atoms with Crippen molar-refractivity contribution in [3.63, 3.8) is 0 Å². The van der Waals surface area contributed by atoms with Gasteiger partial charge in [0, 0.05) is 17.4 Å². The Morgan fingerprint density at radius 1 is 1.04 bits per heavy atom. The van der Waals surface area contributed by atoms with E-state index in [-0.39, 0.29) is 18.1 Å². The standard InChI is InChI=1S/C18H13F3N2OS/c19-13-5-1-11(2-6-13)3-8-17(24)23-18-22-16(10-25-18)12-4-7-14(20)15(21)9-12/h1-2,4-7,9-10H,3,8H2,(H,22,23,24). The Labute approximate surface area is 146 Å². The number of amides is 1. The zero-order chi connectivity index (χ0) is 17.8. The van der Waals surface area contributed by atoms with Crippen molar-refractivity contribution in [3.8, 4) is 11.3 Å². The molecule has 0 aliphatic carbocycles. The fraction of sp³-hybridized carbons (Fsp3) is 0.111. The van der Waals surface area contributed by atoms with Crippen LogP contribution in [0.2, 0.25) is 0 Å². The van der Waals surface area contributed by atoms with E-state index >= 15 is 0 Å². The third kappa shape index (κ3) is 4.45. The van der Waals surface area contributed by atoms with Crippen LogP contribution in [0.15, 0.2) is 47.8 Å². The SMILES string of the molecule is O=C(CCc1ccc(F)cc1)Nc1nc(-c2ccc(F)c(F)c2)cs1. The number of aromatic nitrogens is 1. The first kappa shape index (κ1) is 17.2. The van der Waals surface area contributed by atoms with Crippen LogP contribution in [0.1, 0.15) is 12.0 Å². The van der Waals surface area contributed by atoms with Crippen LogP contribution in [0.3, 0.4) is 0 Å². The summed E-state index contributed by atoms with van der Waals surface area (Å²) >= 11 is 1.20. The van der Waals surface area contributed by atoms with E-state index in [0.29, 0.717) is 22.8 Å². The van der Waals surface area contributed by atoms with Gasteiger partial charge < -0.3 is 5.32 Å². The van der Waals surface area contributed by atoms with Crippen molar-refractivity contribution in [1.82, 2.24) is 4.98 Å². The Balaban J connectivity index is 1.59. The number of carbonyl (C=O) groups is 1. The molecule has 2 aromatic carbocycles. The highest BCUT2D eigenvalue weighted by atomic mass is 32.1. The van der Waals surface area contributed by atoms with Crippen LogP contribution in [0, 0.1) is 17.5 Å². The number of benzene rings is 2. The molecule has 0 aliphatic heterocycles. The number of nitrogens with zero attached hydrogens (tertiary/aromatic N) is 1. The fourth-order valence-corrected chi connectivity index (χ4v) is 2.95. The molecule has 25 heavy (non-hydrogen) atoms. The number of halogens is 3. The van der Waals surface area contributed by atoms with Crippen molar-refractivity contribution in [2.24, 2.45) is 0 Å². The monoisotopic (exact) mass is 362 g/mol. The summed E-state index contributed by atoms with van der Waals surface area (Å²) in [7, 11) is 0. The van der Waals surface area contributed by atoms with Gasteiger partial charge in [-0.25, -0.2) is 18.2 Å². The lowest BCUT2D eigenvalue weighted by molar-refractivity contribution is -0.116. The summed E-state index contributed by atoms with van der Waals surface area (Å²) in [6, 6.07) is 9.48. The van der Waals surface area contributed by atoms with Gasteiger partial charge in [-0.2, -0.15) is 0 Å². The quantitative estimate of drug-likeness (QED) is 0.708. The van der Waals surface area contributed by atoms with Gasteiger partial charge in [-0.15, -0.1) is 11.3 Å². The third-order valence-corrected chi connectivity index (χ3v) is 4.28. The first-order valence-electron chi connectivity index (χ1n) is 7.46. The second-order valence-corrected chi connectivity index (χ2v) is 6.20. The molecule has 1 amide bonds. The molecule has 0 fully saturated rings. The summed E-state index contributed by atoms with van der Waals surface area (Å²) in [5, 5.41) is 4.70. The van der Waals surface area contributed by atoms with Gasteiger partial charge in [0.2, 0.25) is 5.91 Å². The maximum Gasteiger partial charge on any atom is 0.226 e. The van der Waals surface area contributed by atoms with Gasteiger partial charge in [0.1, 0.15) is 5.82 Å². The first-order chi connectivity index (χ1) is 12.0. The number of carbonyl (C=O) groups excluding carboxylic acids is 1. The van der Waals surface area contributed by atoms with Gasteiger partial charge in [0.25, 0.3) is 0 Å². The highest BCUT2D eigenvalue weighted by Crippen LogP contribution is 2.26. The lowest BCUT2D eigenvalue weighted by Gasteiger charge is -2.02. The van der Waals surface area contributed by atoms with E-state index in [2.05, 4.69) is 10.3 Å². The van der Waals surface area contributed by atoms with Gasteiger partial charge in [-0.05, 0) is 42.3 Å². The molecule has 0 radical (unpaired) electrons. The lowest BCUT2D eigenvalue weighted by atomic mass is 10.1. The van der Waals surface area contributed by atoms with Crippen LogP contribution in [0.25, 0.3) is 11.3 Å². The zero-order valence-electron chi connectivity index (χ0n) is 12.9. The number of aryl methyl sites for hydroxylation is 1. The Bertz CT molecular complexity index is 894. The second kappa shape index (κ2) is 7.48. The molecule has 0 saturated heterocycles. The molecule has 0 saturated carbocycles. The van der Waals surface area contributed by atoms with Crippen molar-refractivity contribution < 1.29 is 18.0 Å². The van der Waals surface area contributed by atoms with Gasteiger partial charge in [0.05, 0.1) is 5.69 Å². The van der Waals surface area contributed by atoms with E-state index in [9.17, 15) is 18.0 Å². The van der Waals surface area contributed by atoms with Crippen LogP contribution in [0.4, 0.5) is 18.3 Å². The summed E-state index contributed by atoms with van der Waals surface area (Å²) in [6.45, 7) is 0. The van der Waals surface area contributed by atoms with E-state index in [1.54, 1.807) is 17.5 Å². The van der Waals surface area contributed by atoms with Gasteiger partial charge in [-0.1, -0.05) is 12.1 Å². The number of rotatable bonds is 5. The lowest BCUT2D eigenvalue weighted by Crippen LogP contribution is -2.12. The zero-order valence-corrected chi connectivity index (χ0v) is 13.7. The van der Waals surface area contributed by atoms with Crippen LogP contribution in [-0.4, -0.2) is 10.9 Å². The van der Waals surface area contributed by atoms with E-state index in [4.69, 9.17) is 0 Å². The normalized spacial score (nSPS) is 10.7. The van der Waals surface area contributed by atoms with Crippen molar-refractivity contribution in [2.45, 2.75) is 12.8 Å². The fourth-order valence-electron chi connectivity index (χ4n) is 2.21. The third-order valence-electron chi connectivity index (χ3n) is 3.52. The van der Waals surface area contributed by atoms with Crippen molar-refractivity contribution in [2.75, 3.05) is 5.32 Å². The van der Waals surface area contributed by atoms with Gasteiger partial charge >= 0.3 is 0 Å². The van der Waals surface area contributed by atoms with E-state index in [1.165, 1.54) is 29.5 Å². The molecule has 7 heteroatoms. The number of anilines is 1. The molecule has 128 valence electrons. The molecule has 0 bridgehead atoms. The molecule has 1 aromatic heterocycles. The summed E-state index contributed by atoms with van der Waals surface area (Å²) in [4.78, 5) is 16.2. The second-order valence-electron chi connectivity index (χ2n) is 5.34. The Kier molecular flexibility index (Phi) is 5.14. The molecule has 1 heterocycles. The van der Waals surface area contributed by atoms with Gasteiger partial charge in [0.15, 0.2) is 16.8 Å². The number of hydrogen-bond acceptors (Lipinski definition) is 3. The molecular formula is C18H13F3N2OS. The average Bonchev–Trinajstić information content (AvgIpc) is 3.05. The Morgan fingerprint density at radius 3 is 2.52 bits per heavy atom. The van der Waals surface area contributed by atoms with Crippen LogP contribution < -0.4 is 5.32 Å². The number of nitrogens with one attached hydrogen (secondary N) is 1. The Morgan fingerprint density at radius 2 is 1.80 bits per heavy atom. The number of hydrogen-bond donors (Lipinski definition) is 1. The molecule has 3 rings (SSSR count). The topological polar surface area (TPSA) is 42.0 Å². The Hall–Kier alpha value is -2.67. The van der Waals surface area contributed by atoms with E-state index in [1.807, 2.05) is 0 Å². The molecule has 0 atom stereocenters. The summed E-state index contributed by atoms with van der Waals surface area (Å²) in [6.07, 6.45) is 0.708. The van der Waals surface area contributed by atoms with Crippen LogP contribution in [0.5, 0.6) is 0 Å². The van der Waals surface area contributed by atoms with E-state index in [0.717, 1.165) is 17.7 Å². The smallest absolute Gasteiger partial charge is 0.226 e. The highest BCUT2D eigenvalue weighted by Gasteiger charge is 2.10. The molecule has 1 N–H and O–H groups in total. The first-order valence-corrected chi connectivity index (χ1v) is 8.34. The van der Waals surface area contributed by atoms with E-state index < -0.39 is 11.6 Å². The summed E-state index contributed by atoms with van der Waals surface area (Å²) in [5.74, 6) is -2.42. The molecule has 0 spiro atoms. The predicted octanol–water partition coefficient (Wildman–Crippen LogP) is 4.80. The van der Waals surface area contributed by atoms with Gasteiger partial charge in [-0.3, -0.25) is 4.79 Å². The minimum absolute atomic E-state index is 0.226. The minimum Gasteiger partial charge on any atom is -0.302 e. The molecule has 0 unspecified atom stereocenters. The van der Waals surface area contributed by atoms with Crippen LogP contribution in [-0.2, 0) is 11.2 Å². The summed E-state index contributed by atoms with van der Waals surface area (Å²) in [5.41, 5.74) is 1.75. The molecular weight excluding hydrogens is 349 g/mol. The minimum atomic E-state index is -0.949. The van der Waals surface area contributed by atoms with Crippen molar-refractivity contribution >= 4 is 22.4 Å². The average molecular weight is 362 g/mol. The maximum absolute atomic E-state index is 13.3. The summed E-state index contributed by atoms with van der Waals surface area (Å²) < 4.78 is 39.1. The highest BCUT2D eigenvalue weighted by molar-refractivity contribution is 7.14. The van der Waals surface area contributed by atoms with Crippen molar-refractivity contribution in [1.29, 1.82) is 0 Å². The molecule has 3 aromatic rings. The predicted molar refractivity (Wildman–Crippen MR) is 90.8 cm³/mol. The largest absolute Gasteiger partial charge is 0.302 e. The maximum atomic E-state index is 13.3.